The number of ether oxygens (including phenoxy) is 1. The minimum atomic E-state index is -0.322. The van der Waals surface area contributed by atoms with Crippen molar-refractivity contribution in [1.82, 2.24) is 0 Å². The van der Waals surface area contributed by atoms with E-state index in [1.54, 1.807) is 6.07 Å². The predicted octanol–water partition coefficient (Wildman–Crippen LogP) is 2.29. The molecule has 0 aliphatic heterocycles. The highest BCUT2D eigenvalue weighted by Gasteiger charge is 2.10. The molecule has 78 valence electrons. The van der Waals surface area contributed by atoms with Gasteiger partial charge in [-0.05, 0) is 36.6 Å². The molecule has 1 aromatic carbocycles. The lowest BCUT2D eigenvalue weighted by Crippen LogP contribution is -2.11. The van der Waals surface area contributed by atoms with Gasteiger partial charge in [0.2, 0.25) is 0 Å². The van der Waals surface area contributed by atoms with Crippen LogP contribution in [0.1, 0.15) is 24.8 Å². The van der Waals surface area contributed by atoms with E-state index in [1.807, 2.05) is 13.0 Å². The average molecular weight is 197 g/mol. The maximum absolute atomic E-state index is 13.3. The zero-order valence-corrected chi connectivity index (χ0v) is 8.59. The van der Waals surface area contributed by atoms with Crippen molar-refractivity contribution in [1.29, 1.82) is 0 Å². The van der Waals surface area contributed by atoms with Crippen molar-refractivity contribution < 1.29 is 9.13 Å². The zero-order chi connectivity index (χ0) is 10.6. The van der Waals surface area contributed by atoms with E-state index in [-0.39, 0.29) is 17.5 Å². The first-order chi connectivity index (χ1) is 6.72. The second kappa shape index (κ2) is 4.96. The number of hydrogen-bond donors (Lipinski definition) is 1. The quantitative estimate of drug-likeness (QED) is 0.803. The van der Waals surface area contributed by atoms with Crippen LogP contribution in [0.2, 0.25) is 0 Å². The summed E-state index contributed by atoms with van der Waals surface area (Å²) in [6.07, 6.45) is 0.919. The molecule has 0 amide bonds. The highest BCUT2D eigenvalue weighted by Crippen LogP contribution is 2.24. The second-order valence-corrected chi connectivity index (χ2v) is 3.23. The molecular weight excluding hydrogens is 181 g/mol. The molecule has 0 fully saturated rings. The lowest BCUT2D eigenvalue weighted by Gasteiger charge is -2.13. The Morgan fingerprint density at radius 2 is 2.21 bits per heavy atom. The van der Waals surface area contributed by atoms with Gasteiger partial charge in [0.05, 0.1) is 7.11 Å². The third kappa shape index (κ3) is 2.23. The number of hydrogen-bond acceptors (Lipinski definition) is 2. The van der Waals surface area contributed by atoms with E-state index < -0.39 is 0 Å². The fourth-order valence-electron chi connectivity index (χ4n) is 1.48. The normalized spacial score (nSPS) is 12.6. The standard InChI is InChI=1S/C11H16FNO/c1-3-8(7-13)9-4-5-11(14-2)10(12)6-9/h4-6,8H,3,7,13H2,1-2H3. The van der Waals surface area contributed by atoms with Gasteiger partial charge in [-0.3, -0.25) is 0 Å². The van der Waals surface area contributed by atoms with Crippen molar-refractivity contribution in [3.63, 3.8) is 0 Å². The summed E-state index contributed by atoms with van der Waals surface area (Å²) >= 11 is 0. The minimum absolute atomic E-state index is 0.232. The van der Waals surface area contributed by atoms with E-state index in [2.05, 4.69) is 0 Å². The molecule has 0 aromatic heterocycles. The van der Waals surface area contributed by atoms with Crippen LogP contribution in [0, 0.1) is 5.82 Å². The Hall–Kier alpha value is -1.09. The predicted molar refractivity (Wildman–Crippen MR) is 55.0 cm³/mol. The van der Waals surface area contributed by atoms with Crippen molar-refractivity contribution >= 4 is 0 Å². The summed E-state index contributed by atoms with van der Waals surface area (Å²) in [5.41, 5.74) is 6.52. The first-order valence-electron chi connectivity index (χ1n) is 4.76. The van der Waals surface area contributed by atoms with Crippen LogP contribution in [0.3, 0.4) is 0 Å². The number of halogens is 1. The number of methoxy groups -OCH3 is 1. The van der Waals surface area contributed by atoms with Gasteiger partial charge in [0, 0.05) is 0 Å². The SMILES string of the molecule is CCC(CN)c1ccc(OC)c(F)c1. The smallest absolute Gasteiger partial charge is 0.165 e. The monoisotopic (exact) mass is 197 g/mol. The van der Waals surface area contributed by atoms with Crippen LogP contribution in [0.25, 0.3) is 0 Å². The molecule has 0 spiro atoms. The Morgan fingerprint density at radius 1 is 1.50 bits per heavy atom. The van der Waals surface area contributed by atoms with Crippen LogP contribution in [-0.2, 0) is 0 Å². The van der Waals surface area contributed by atoms with Crippen molar-refractivity contribution in [2.75, 3.05) is 13.7 Å². The second-order valence-electron chi connectivity index (χ2n) is 3.23. The molecule has 0 saturated carbocycles. The van der Waals surface area contributed by atoms with E-state index in [4.69, 9.17) is 10.5 Å². The van der Waals surface area contributed by atoms with Crippen LogP contribution in [0.5, 0.6) is 5.75 Å². The topological polar surface area (TPSA) is 35.2 Å². The third-order valence-corrected chi connectivity index (χ3v) is 2.42. The first-order valence-corrected chi connectivity index (χ1v) is 4.76. The molecule has 0 aliphatic rings. The fraction of sp³-hybridized carbons (Fsp3) is 0.455. The number of benzene rings is 1. The average Bonchev–Trinajstić information content (AvgIpc) is 2.20. The molecule has 2 nitrogen and oxygen atoms in total. The highest BCUT2D eigenvalue weighted by molar-refractivity contribution is 5.31. The fourth-order valence-corrected chi connectivity index (χ4v) is 1.48. The lowest BCUT2D eigenvalue weighted by atomic mass is 9.96. The van der Waals surface area contributed by atoms with Crippen LogP contribution in [0.15, 0.2) is 18.2 Å². The first kappa shape index (κ1) is 11.0. The molecule has 1 aromatic rings. The lowest BCUT2D eigenvalue weighted by molar-refractivity contribution is 0.386. The maximum atomic E-state index is 13.3. The van der Waals surface area contributed by atoms with Gasteiger partial charge in [-0.2, -0.15) is 0 Å². The number of nitrogens with two attached hydrogens (primary N) is 1. The minimum Gasteiger partial charge on any atom is -0.494 e. The summed E-state index contributed by atoms with van der Waals surface area (Å²) in [6, 6.07) is 5.01. The van der Waals surface area contributed by atoms with Gasteiger partial charge in [0.25, 0.3) is 0 Å². The molecule has 0 heterocycles. The van der Waals surface area contributed by atoms with Crippen molar-refractivity contribution in [2.24, 2.45) is 5.73 Å². The molecular formula is C11H16FNO. The summed E-state index contributed by atoms with van der Waals surface area (Å²) in [6.45, 7) is 2.59. The summed E-state index contributed by atoms with van der Waals surface area (Å²) in [4.78, 5) is 0. The van der Waals surface area contributed by atoms with E-state index in [0.717, 1.165) is 12.0 Å². The molecule has 1 rings (SSSR count). The molecule has 0 bridgehead atoms. The Kier molecular flexibility index (Phi) is 3.89. The van der Waals surface area contributed by atoms with Gasteiger partial charge in [-0.1, -0.05) is 13.0 Å². The molecule has 0 saturated heterocycles. The van der Waals surface area contributed by atoms with Gasteiger partial charge >= 0.3 is 0 Å². The Balaban J connectivity index is 2.95. The van der Waals surface area contributed by atoms with E-state index >= 15 is 0 Å². The number of rotatable bonds is 4. The van der Waals surface area contributed by atoms with Gasteiger partial charge in [-0.25, -0.2) is 4.39 Å². The zero-order valence-electron chi connectivity index (χ0n) is 8.59. The molecule has 2 N–H and O–H groups in total. The summed E-state index contributed by atoms with van der Waals surface area (Å²) in [5.74, 6) is 0.188. The maximum Gasteiger partial charge on any atom is 0.165 e. The van der Waals surface area contributed by atoms with Crippen LogP contribution in [-0.4, -0.2) is 13.7 Å². The Labute approximate surface area is 83.9 Å². The van der Waals surface area contributed by atoms with Crippen molar-refractivity contribution in [3.8, 4) is 5.75 Å². The van der Waals surface area contributed by atoms with E-state index in [0.29, 0.717) is 6.54 Å². The van der Waals surface area contributed by atoms with Gasteiger partial charge in [-0.15, -0.1) is 0 Å². The molecule has 1 atom stereocenters. The molecule has 0 radical (unpaired) electrons. The highest BCUT2D eigenvalue weighted by atomic mass is 19.1. The largest absolute Gasteiger partial charge is 0.494 e. The van der Waals surface area contributed by atoms with Crippen molar-refractivity contribution in [2.45, 2.75) is 19.3 Å². The van der Waals surface area contributed by atoms with Crippen LogP contribution < -0.4 is 10.5 Å². The van der Waals surface area contributed by atoms with E-state index in [9.17, 15) is 4.39 Å². The molecule has 3 heteroatoms. The van der Waals surface area contributed by atoms with E-state index in [1.165, 1.54) is 13.2 Å². The van der Waals surface area contributed by atoms with Gasteiger partial charge in [0.1, 0.15) is 0 Å². The molecule has 0 aliphatic carbocycles. The Morgan fingerprint density at radius 3 is 2.64 bits per heavy atom. The molecule has 1 unspecified atom stereocenters. The summed E-state index contributed by atoms with van der Waals surface area (Å²) < 4.78 is 18.2. The van der Waals surface area contributed by atoms with Gasteiger partial charge in [0.15, 0.2) is 11.6 Å². The Bertz CT molecular complexity index is 297. The van der Waals surface area contributed by atoms with Gasteiger partial charge < -0.3 is 10.5 Å². The van der Waals surface area contributed by atoms with Crippen LogP contribution >= 0.6 is 0 Å². The van der Waals surface area contributed by atoms with Crippen LogP contribution in [0.4, 0.5) is 4.39 Å². The van der Waals surface area contributed by atoms with Crippen molar-refractivity contribution in [3.05, 3.63) is 29.6 Å². The molecule has 14 heavy (non-hydrogen) atoms. The summed E-state index contributed by atoms with van der Waals surface area (Å²) in [7, 11) is 1.46. The summed E-state index contributed by atoms with van der Waals surface area (Å²) in [5, 5.41) is 0. The third-order valence-electron chi connectivity index (χ3n) is 2.42.